The normalized spacial score (nSPS) is 13.5. The summed E-state index contributed by atoms with van der Waals surface area (Å²) in [6, 6.07) is 98.1. The molecule has 0 N–H and O–H groups in total. The van der Waals surface area contributed by atoms with Crippen molar-refractivity contribution in [3.05, 3.63) is 283 Å². The zero-order valence-corrected chi connectivity index (χ0v) is 59.1. The number of para-hydroxylation sites is 3. The van der Waals surface area contributed by atoms with E-state index in [2.05, 4.69) is 378 Å². The van der Waals surface area contributed by atoms with Crippen LogP contribution in [0.4, 0.5) is 34.1 Å². The maximum absolute atomic E-state index is 2.68. The van der Waals surface area contributed by atoms with E-state index in [1.54, 1.807) is 0 Å². The number of aromatic nitrogens is 2. The van der Waals surface area contributed by atoms with Crippen LogP contribution in [0.3, 0.4) is 0 Å². The van der Waals surface area contributed by atoms with E-state index in [1.807, 2.05) is 0 Å². The second-order valence-corrected chi connectivity index (χ2v) is 32.7. The van der Waals surface area contributed by atoms with Crippen molar-refractivity contribution in [1.29, 1.82) is 0 Å². The van der Waals surface area contributed by atoms with Crippen LogP contribution in [0.2, 0.25) is 0 Å². The monoisotopic (exact) mass is 1260 g/mol. The molecule has 5 heteroatoms. The van der Waals surface area contributed by atoms with Gasteiger partial charge in [0.05, 0.1) is 33.4 Å². The third-order valence-corrected chi connectivity index (χ3v) is 21.0. The van der Waals surface area contributed by atoms with Crippen LogP contribution in [0.5, 0.6) is 0 Å². The third-order valence-electron chi connectivity index (χ3n) is 21.0. The van der Waals surface area contributed by atoms with Crippen molar-refractivity contribution >= 4 is 101 Å². The summed E-state index contributed by atoms with van der Waals surface area (Å²) in [6.45, 7) is 35.2. The molecule has 2 aliphatic heterocycles. The minimum absolute atomic E-state index is 0.0636. The molecule has 4 heterocycles. The molecule has 0 saturated carbocycles. The first-order chi connectivity index (χ1) is 46.3. The molecule has 0 unspecified atom stereocenters. The fraction of sp³-hybridized carbons (Fsp3) is 0.217. The van der Waals surface area contributed by atoms with Gasteiger partial charge in [0.25, 0.3) is 6.71 Å². The van der Waals surface area contributed by atoms with Crippen molar-refractivity contribution in [3.8, 4) is 44.8 Å². The van der Waals surface area contributed by atoms with Crippen LogP contribution in [-0.2, 0) is 27.1 Å². The maximum Gasteiger partial charge on any atom is 0.252 e. The van der Waals surface area contributed by atoms with E-state index in [1.165, 1.54) is 133 Å². The van der Waals surface area contributed by atoms with Gasteiger partial charge in [-0.05, 0) is 185 Å². The fourth-order valence-electron chi connectivity index (χ4n) is 15.6. The minimum atomic E-state index is -0.257. The largest absolute Gasteiger partial charge is 0.311 e. The number of fused-ring (bicyclic) bond motifs is 10. The van der Waals surface area contributed by atoms with E-state index in [0.29, 0.717) is 0 Å². The molecule has 2 aliphatic rings. The van der Waals surface area contributed by atoms with Crippen LogP contribution >= 0.6 is 0 Å². The Labute approximate surface area is 574 Å². The second-order valence-electron chi connectivity index (χ2n) is 32.7. The van der Waals surface area contributed by atoms with Crippen LogP contribution in [0.25, 0.3) is 88.4 Å². The molecule has 0 bridgehead atoms. The highest BCUT2D eigenvalue weighted by molar-refractivity contribution is 7.00. The average molecular weight is 1260 g/mol. The number of hydrogen-bond donors (Lipinski definition) is 0. The van der Waals surface area contributed by atoms with Gasteiger partial charge >= 0.3 is 0 Å². The van der Waals surface area contributed by atoms with E-state index >= 15 is 0 Å². The molecule has 0 aliphatic carbocycles. The molecule has 14 aromatic rings. The van der Waals surface area contributed by atoms with Gasteiger partial charge in [-0.3, -0.25) is 0 Å². The van der Waals surface area contributed by atoms with Crippen molar-refractivity contribution in [2.45, 2.75) is 131 Å². The summed E-state index contributed by atoms with van der Waals surface area (Å²) in [5.41, 5.74) is 31.0. The molecule has 97 heavy (non-hydrogen) atoms. The molecule has 0 saturated heterocycles. The number of nitrogens with zero attached hydrogens (tertiary/aromatic N) is 4. The van der Waals surface area contributed by atoms with E-state index in [-0.39, 0.29) is 33.8 Å². The first kappa shape index (κ1) is 61.8. The number of anilines is 6. The summed E-state index contributed by atoms with van der Waals surface area (Å²) >= 11 is 0. The van der Waals surface area contributed by atoms with Gasteiger partial charge in [-0.1, -0.05) is 268 Å². The van der Waals surface area contributed by atoms with Crippen LogP contribution in [0.1, 0.15) is 132 Å². The summed E-state index contributed by atoms with van der Waals surface area (Å²) in [4.78, 5) is 5.37. The van der Waals surface area contributed by atoms with Gasteiger partial charge in [-0.25, -0.2) is 0 Å². The van der Waals surface area contributed by atoms with Crippen molar-refractivity contribution in [2.24, 2.45) is 0 Å². The van der Waals surface area contributed by atoms with Crippen molar-refractivity contribution in [2.75, 3.05) is 9.80 Å². The molecular formula is C92H87BN4. The molecule has 4 nitrogen and oxygen atoms in total. The SMILES string of the molecule is CC(C)(C)c1cc(-c2ccc3c(c2)N(c2ccc(C(C)(C)C)cc2-c2ccccc2)c2cc(C(C)(C)C)cc4c2B3c2ccc(-n3c5ccccc5c5cc6c7ccccc7n(-c7ccccc7)c6cc53)cc2N4c2ccc(C(C)(C)C)cc2-c2ccccc2)cc(C(C)(C)C)c1. The van der Waals surface area contributed by atoms with E-state index < -0.39 is 0 Å². The molecule has 478 valence electrons. The average Bonchev–Trinajstić information content (AvgIpc) is 1.01. The zero-order chi connectivity index (χ0) is 67.4. The summed E-state index contributed by atoms with van der Waals surface area (Å²) < 4.78 is 5.01. The van der Waals surface area contributed by atoms with Gasteiger partial charge < -0.3 is 18.9 Å². The topological polar surface area (TPSA) is 16.3 Å². The van der Waals surface area contributed by atoms with Gasteiger partial charge in [-0.15, -0.1) is 0 Å². The minimum Gasteiger partial charge on any atom is -0.311 e. The molecule has 0 fully saturated rings. The quantitative estimate of drug-likeness (QED) is 0.148. The third kappa shape index (κ3) is 10.3. The standard InChI is InChI=1S/C92H87BN4/c1-88(2,3)62-40-45-79(71(51-62)58-29-19-16-20-30-58)96-83-49-60(61-47-64(90(7,8)9)50-65(48-61)91(10,11)12)39-43-75(83)93-76-44-42-68(95-78-38-28-26-36-70(78)74-56-73-69-35-25-27-37-77(69)94(81(73)57-82(74)95)67-33-23-18-24-34-67)55-84(76)97(86-54-66(92(13,14)15)53-85(96)87(86)93)80-46-41-63(89(4,5)6)52-72(80)59-31-21-17-22-32-59/h16-57H,1-15H3. The summed E-state index contributed by atoms with van der Waals surface area (Å²) in [5.74, 6) is 0. The Kier molecular flexibility index (Phi) is 14.2. The Balaban J connectivity index is 1.04. The first-order valence-corrected chi connectivity index (χ1v) is 34.9. The zero-order valence-electron chi connectivity index (χ0n) is 59.1. The predicted octanol–water partition coefficient (Wildman–Crippen LogP) is 23.5. The van der Waals surface area contributed by atoms with Crippen LogP contribution in [0, 0.1) is 0 Å². The molecule has 16 rings (SSSR count). The first-order valence-electron chi connectivity index (χ1n) is 34.9. The number of hydrogen-bond acceptors (Lipinski definition) is 2. The van der Waals surface area contributed by atoms with Crippen LogP contribution in [-0.4, -0.2) is 15.8 Å². The Hall–Kier alpha value is -10.1. The van der Waals surface area contributed by atoms with E-state index in [4.69, 9.17) is 0 Å². The van der Waals surface area contributed by atoms with E-state index in [0.717, 1.165) is 34.0 Å². The summed E-state index contributed by atoms with van der Waals surface area (Å²) in [7, 11) is 0. The van der Waals surface area contributed by atoms with Gasteiger partial charge in [0.2, 0.25) is 0 Å². The Morgan fingerprint density at radius 3 is 1.12 bits per heavy atom. The fourth-order valence-corrected chi connectivity index (χ4v) is 15.6. The highest BCUT2D eigenvalue weighted by atomic mass is 15.2. The number of rotatable bonds is 7. The summed E-state index contributed by atoms with van der Waals surface area (Å²) in [6.07, 6.45) is 0. The Morgan fingerprint density at radius 1 is 0.237 bits per heavy atom. The van der Waals surface area contributed by atoms with Crippen LogP contribution < -0.4 is 26.2 Å². The lowest BCUT2D eigenvalue weighted by Crippen LogP contribution is -2.61. The van der Waals surface area contributed by atoms with Crippen molar-refractivity contribution < 1.29 is 0 Å². The predicted molar refractivity (Wildman–Crippen MR) is 419 cm³/mol. The lowest BCUT2D eigenvalue weighted by Gasteiger charge is -2.46. The molecule has 2 aromatic heterocycles. The molecule has 0 amide bonds. The van der Waals surface area contributed by atoms with Gasteiger partial charge in [-0.2, -0.15) is 0 Å². The van der Waals surface area contributed by atoms with E-state index in [9.17, 15) is 0 Å². The summed E-state index contributed by atoms with van der Waals surface area (Å²) in [5, 5.41) is 4.94. The smallest absolute Gasteiger partial charge is 0.252 e. The lowest BCUT2D eigenvalue weighted by molar-refractivity contribution is 0.569. The molecule has 0 spiro atoms. The van der Waals surface area contributed by atoms with Crippen LogP contribution in [0.15, 0.2) is 255 Å². The van der Waals surface area contributed by atoms with Gasteiger partial charge in [0.15, 0.2) is 0 Å². The number of benzene rings is 12. The second kappa shape index (κ2) is 22.2. The highest BCUT2D eigenvalue weighted by Crippen LogP contribution is 2.52. The molecule has 0 radical (unpaired) electrons. The Morgan fingerprint density at radius 2 is 0.649 bits per heavy atom. The van der Waals surface area contributed by atoms with Crippen molar-refractivity contribution in [1.82, 2.24) is 9.13 Å². The molecule has 0 atom stereocenters. The molecule has 12 aromatic carbocycles. The highest BCUT2D eigenvalue weighted by Gasteiger charge is 2.46. The molecular weight excluding hydrogens is 1170 g/mol. The lowest BCUT2D eigenvalue weighted by atomic mass is 9.33. The van der Waals surface area contributed by atoms with Gasteiger partial charge in [0, 0.05) is 66.8 Å². The van der Waals surface area contributed by atoms with Gasteiger partial charge in [0.1, 0.15) is 0 Å². The van der Waals surface area contributed by atoms with Crippen molar-refractivity contribution in [3.63, 3.8) is 0 Å². The maximum atomic E-state index is 2.68. The Bertz CT molecular complexity index is 5440.